The lowest BCUT2D eigenvalue weighted by molar-refractivity contribution is -0.143. The second kappa shape index (κ2) is 10.6. The van der Waals surface area contributed by atoms with Crippen molar-refractivity contribution in [3.8, 4) is 5.75 Å². The molecule has 0 saturated heterocycles. The number of aliphatic carboxylic acids is 1. The lowest BCUT2D eigenvalue weighted by Crippen LogP contribution is -2.56. The number of phenolic OH excluding ortho intramolecular Hbond substituents is 1. The first-order valence-electron chi connectivity index (χ1n) is 10.3. The molecule has 174 valence electrons. The van der Waals surface area contributed by atoms with Crippen LogP contribution in [0.1, 0.15) is 11.1 Å². The first-order chi connectivity index (χ1) is 15.8. The quantitative estimate of drug-likeness (QED) is 0.226. The summed E-state index contributed by atoms with van der Waals surface area (Å²) in [5.41, 5.74) is 8.34. The van der Waals surface area contributed by atoms with Crippen LogP contribution in [-0.2, 0) is 27.2 Å². The Kier molecular flexibility index (Phi) is 7.65. The van der Waals surface area contributed by atoms with Crippen molar-refractivity contribution in [1.29, 1.82) is 0 Å². The number of aromatic hydroxyl groups is 1. The number of nitrogens with one attached hydrogen (secondary N) is 3. The van der Waals surface area contributed by atoms with Gasteiger partial charge in [0, 0.05) is 23.5 Å². The van der Waals surface area contributed by atoms with Gasteiger partial charge in [-0.1, -0.05) is 30.3 Å². The number of phenols is 1. The number of benzene rings is 2. The van der Waals surface area contributed by atoms with Gasteiger partial charge in [-0.2, -0.15) is 0 Å². The number of carbonyl (C=O) groups is 3. The number of carboxylic acid groups (broad SMARTS) is 1. The maximum Gasteiger partial charge on any atom is 0.328 e. The summed E-state index contributed by atoms with van der Waals surface area (Å²) in [5.74, 6) is -2.66. The number of hydrogen-bond acceptors (Lipinski definition) is 6. The maximum atomic E-state index is 12.9. The molecule has 0 aliphatic heterocycles. The highest BCUT2D eigenvalue weighted by atomic mass is 16.4. The normalized spacial score (nSPS) is 13.8. The molecule has 3 aromatic rings. The first kappa shape index (κ1) is 23.8. The van der Waals surface area contributed by atoms with E-state index in [-0.39, 0.29) is 18.6 Å². The van der Waals surface area contributed by atoms with Gasteiger partial charge in [-0.3, -0.25) is 9.59 Å². The van der Waals surface area contributed by atoms with E-state index in [1.807, 2.05) is 24.3 Å². The molecule has 1 heterocycles. The first-order valence-corrected chi connectivity index (χ1v) is 10.3. The highest BCUT2D eigenvalue weighted by Gasteiger charge is 2.28. The average Bonchev–Trinajstić information content (AvgIpc) is 3.20. The van der Waals surface area contributed by atoms with Gasteiger partial charge in [-0.15, -0.1) is 0 Å². The number of fused-ring (bicyclic) bond motifs is 1. The predicted octanol–water partition coefficient (Wildman–Crippen LogP) is 0.0325. The van der Waals surface area contributed by atoms with E-state index in [1.165, 1.54) is 12.1 Å². The Balaban J connectivity index is 1.77. The van der Waals surface area contributed by atoms with Gasteiger partial charge in [0.15, 0.2) is 0 Å². The van der Waals surface area contributed by atoms with Crippen LogP contribution >= 0.6 is 0 Å². The lowest BCUT2D eigenvalue weighted by Gasteiger charge is -2.22. The van der Waals surface area contributed by atoms with Crippen LogP contribution in [0.25, 0.3) is 10.9 Å². The van der Waals surface area contributed by atoms with Crippen molar-refractivity contribution in [2.45, 2.75) is 31.0 Å². The number of aliphatic hydroxyl groups is 1. The maximum absolute atomic E-state index is 12.9. The molecule has 0 bridgehead atoms. The van der Waals surface area contributed by atoms with Gasteiger partial charge in [0.1, 0.15) is 17.8 Å². The van der Waals surface area contributed by atoms with E-state index in [0.29, 0.717) is 0 Å². The number of H-pyrrole nitrogens is 1. The van der Waals surface area contributed by atoms with Gasteiger partial charge in [-0.25, -0.2) is 4.79 Å². The lowest BCUT2D eigenvalue weighted by atomic mass is 10.0. The Morgan fingerprint density at radius 2 is 1.61 bits per heavy atom. The molecule has 0 radical (unpaired) electrons. The minimum Gasteiger partial charge on any atom is -0.508 e. The fourth-order valence-electron chi connectivity index (χ4n) is 3.44. The van der Waals surface area contributed by atoms with Gasteiger partial charge < -0.3 is 36.7 Å². The van der Waals surface area contributed by atoms with Crippen LogP contribution in [0.3, 0.4) is 0 Å². The van der Waals surface area contributed by atoms with Gasteiger partial charge in [-0.05, 0) is 35.7 Å². The molecule has 0 spiro atoms. The van der Waals surface area contributed by atoms with Crippen LogP contribution in [0, 0.1) is 0 Å². The number of nitrogens with two attached hydrogens (primary N) is 1. The highest BCUT2D eigenvalue weighted by Crippen LogP contribution is 2.19. The number of para-hydroxylation sites is 1. The van der Waals surface area contributed by atoms with E-state index in [9.17, 15) is 24.6 Å². The van der Waals surface area contributed by atoms with E-state index in [2.05, 4.69) is 15.6 Å². The Morgan fingerprint density at radius 1 is 0.939 bits per heavy atom. The number of carbonyl (C=O) groups excluding carboxylic acids is 2. The number of carboxylic acids is 1. The SMILES string of the molecule is N[C@@H](Cc1ccc(O)cc1)C(=O)N[C@@H](Cc1c[nH]c2ccccc12)C(=O)N[C@@H](CO)C(=O)O. The zero-order valence-electron chi connectivity index (χ0n) is 17.7. The molecular weight excluding hydrogens is 428 g/mol. The van der Waals surface area contributed by atoms with Crippen molar-refractivity contribution in [2.24, 2.45) is 5.73 Å². The third-order valence-corrected chi connectivity index (χ3v) is 5.26. The molecular formula is C23H26N4O6. The molecule has 3 rings (SSSR count). The van der Waals surface area contributed by atoms with Crippen LogP contribution in [0.15, 0.2) is 54.7 Å². The minimum atomic E-state index is -1.51. The van der Waals surface area contributed by atoms with Crippen molar-refractivity contribution in [2.75, 3.05) is 6.61 Å². The fraction of sp³-hybridized carbons (Fsp3) is 0.261. The van der Waals surface area contributed by atoms with Crippen LogP contribution in [0.2, 0.25) is 0 Å². The molecule has 0 saturated carbocycles. The minimum absolute atomic E-state index is 0.0747. The van der Waals surface area contributed by atoms with Crippen LogP contribution in [-0.4, -0.2) is 62.8 Å². The molecule has 0 fully saturated rings. The molecule has 0 unspecified atom stereocenters. The number of aliphatic hydroxyl groups excluding tert-OH is 1. The van der Waals surface area contributed by atoms with Crippen molar-refractivity contribution >= 4 is 28.7 Å². The van der Waals surface area contributed by atoms with Crippen LogP contribution < -0.4 is 16.4 Å². The summed E-state index contributed by atoms with van der Waals surface area (Å²) >= 11 is 0. The predicted molar refractivity (Wildman–Crippen MR) is 120 cm³/mol. The largest absolute Gasteiger partial charge is 0.508 e. The van der Waals surface area contributed by atoms with Gasteiger partial charge in [0.25, 0.3) is 0 Å². The van der Waals surface area contributed by atoms with Crippen molar-refractivity contribution in [1.82, 2.24) is 15.6 Å². The molecule has 33 heavy (non-hydrogen) atoms. The third-order valence-electron chi connectivity index (χ3n) is 5.26. The van der Waals surface area contributed by atoms with Crippen molar-refractivity contribution < 1.29 is 29.7 Å². The monoisotopic (exact) mass is 454 g/mol. The fourth-order valence-corrected chi connectivity index (χ4v) is 3.44. The third kappa shape index (κ3) is 6.09. The summed E-state index contributed by atoms with van der Waals surface area (Å²) in [4.78, 5) is 40.0. The van der Waals surface area contributed by atoms with E-state index in [0.717, 1.165) is 22.0 Å². The summed E-state index contributed by atoms with van der Waals surface area (Å²) in [6, 6.07) is 10.0. The molecule has 0 aliphatic rings. The van der Waals surface area contributed by atoms with E-state index in [1.54, 1.807) is 18.3 Å². The summed E-state index contributed by atoms with van der Waals surface area (Å²) in [7, 11) is 0. The van der Waals surface area contributed by atoms with Crippen molar-refractivity contribution in [3.63, 3.8) is 0 Å². The summed E-state index contributed by atoms with van der Waals surface area (Å²) in [6.07, 6.45) is 1.96. The number of rotatable bonds is 10. The molecule has 3 atom stereocenters. The molecule has 2 aromatic carbocycles. The van der Waals surface area contributed by atoms with Gasteiger partial charge in [0.2, 0.25) is 11.8 Å². The molecule has 2 amide bonds. The second-order valence-corrected chi connectivity index (χ2v) is 7.68. The number of hydrogen-bond donors (Lipinski definition) is 7. The standard InChI is InChI=1S/C23H26N4O6/c24-17(9-13-5-7-15(29)8-6-13)21(30)26-19(22(31)27-20(12-28)23(32)33)10-14-11-25-18-4-2-1-3-16(14)18/h1-8,11,17,19-20,25,28-29H,9-10,12,24H2,(H,26,30)(H,27,31)(H,32,33)/t17-,19-,20-/m0/s1. The molecule has 10 heteroatoms. The Morgan fingerprint density at radius 3 is 2.27 bits per heavy atom. The average molecular weight is 454 g/mol. The Bertz CT molecular complexity index is 1130. The van der Waals surface area contributed by atoms with E-state index in [4.69, 9.17) is 10.8 Å². The molecule has 10 nitrogen and oxygen atoms in total. The van der Waals surface area contributed by atoms with Crippen LogP contribution in [0.5, 0.6) is 5.75 Å². The molecule has 0 aliphatic carbocycles. The van der Waals surface area contributed by atoms with Crippen molar-refractivity contribution in [3.05, 3.63) is 65.9 Å². The number of amides is 2. The number of aromatic nitrogens is 1. The van der Waals surface area contributed by atoms with E-state index >= 15 is 0 Å². The van der Waals surface area contributed by atoms with E-state index < -0.39 is 42.5 Å². The Hall–Kier alpha value is -3.89. The second-order valence-electron chi connectivity index (χ2n) is 7.68. The van der Waals surface area contributed by atoms with Gasteiger partial charge >= 0.3 is 5.97 Å². The summed E-state index contributed by atoms with van der Waals surface area (Å²) < 4.78 is 0. The summed E-state index contributed by atoms with van der Waals surface area (Å²) in [6.45, 7) is -0.796. The topological polar surface area (TPSA) is 178 Å². The van der Waals surface area contributed by atoms with Crippen LogP contribution in [0.4, 0.5) is 0 Å². The summed E-state index contributed by atoms with van der Waals surface area (Å²) in [5, 5.41) is 33.5. The zero-order valence-corrected chi connectivity index (χ0v) is 17.7. The highest BCUT2D eigenvalue weighted by molar-refractivity contribution is 5.93. The Labute approximate surface area is 189 Å². The molecule has 1 aromatic heterocycles. The van der Waals surface area contributed by atoms with Gasteiger partial charge in [0.05, 0.1) is 12.6 Å². The number of aromatic amines is 1. The smallest absolute Gasteiger partial charge is 0.328 e. The zero-order chi connectivity index (χ0) is 24.0. The molecule has 8 N–H and O–H groups in total.